The van der Waals surface area contributed by atoms with Crippen LogP contribution in [0.25, 0.3) is 27.6 Å². The number of esters is 1. The number of carbonyl (C=O) groups excluding carboxylic acids is 1. The smallest absolute Gasteiger partial charge is 0.337 e. The Morgan fingerprint density at radius 3 is 2.80 bits per heavy atom. The van der Waals surface area contributed by atoms with Gasteiger partial charge in [0.05, 0.1) is 41.4 Å². The van der Waals surface area contributed by atoms with Gasteiger partial charge in [0.1, 0.15) is 23.8 Å². The number of ether oxygens (including phenoxy) is 3. The zero-order valence-corrected chi connectivity index (χ0v) is 25.1. The SMILES string of the molecule is COC(=O)c1ccc2nc(CC3CC=C(c4cccc(OCc5ccc(Cl)c6cc(F)oc56)c4)CC3)n(C[C@@H]3CCO3)c2c1. The molecule has 0 N–H and O–H groups in total. The molecule has 226 valence electrons. The van der Waals surface area contributed by atoms with Crippen molar-refractivity contribution in [3.63, 3.8) is 0 Å². The number of fused-ring (bicyclic) bond motifs is 2. The molecule has 7 nitrogen and oxygen atoms in total. The molecule has 0 amide bonds. The van der Waals surface area contributed by atoms with Gasteiger partial charge >= 0.3 is 5.97 Å². The fourth-order valence-electron chi connectivity index (χ4n) is 6.18. The summed E-state index contributed by atoms with van der Waals surface area (Å²) >= 11 is 6.20. The third-order valence-electron chi connectivity index (χ3n) is 8.70. The first-order chi connectivity index (χ1) is 21.4. The van der Waals surface area contributed by atoms with Crippen LogP contribution >= 0.6 is 11.6 Å². The highest BCUT2D eigenvalue weighted by molar-refractivity contribution is 6.35. The summed E-state index contributed by atoms with van der Waals surface area (Å²) in [6.07, 6.45) is 7.33. The number of allylic oxidation sites excluding steroid dienone is 2. The van der Waals surface area contributed by atoms with E-state index in [2.05, 4.69) is 22.8 Å². The average Bonchev–Trinajstić information content (AvgIpc) is 3.58. The summed E-state index contributed by atoms with van der Waals surface area (Å²) in [6.45, 7) is 1.75. The topological polar surface area (TPSA) is 75.7 Å². The molecule has 2 aliphatic rings. The van der Waals surface area contributed by atoms with Gasteiger partial charge in [-0.15, -0.1) is 0 Å². The van der Waals surface area contributed by atoms with E-state index in [9.17, 15) is 9.18 Å². The van der Waals surface area contributed by atoms with E-state index >= 15 is 0 Å². The number of hydrogen-bond acceptors (Lipinski definition) is 6. The number of carbonyl (C=O) groups is 1. The number of benzene rings is 3. The minimum Gasteiger partial charge on any atom is -0.489 e. The van der Waals surface area contributed by atoms with E-state index in [4.69, 9.17) is 35.2 Å². The van der Waals surface area contributed by atoms with Crippen molar-refractivity contribution in [2.75, 3.05) is 13.7 Å². The highest BCUT2D eigenvalue weighted by Crippen LogP contribution is 2.35. The Morgan fingerprint density at radius 1 is 1.14 bits per heavy atom. The normalized spacial score (nSPS) is 18.3. The molecule has 2 atom stereocenters. The van der Waals surface area contributed by atoms with Crippen molar-refractivity contribution in [1.29, 1.82) is 0 Å². The maximum absolute atomic E-state index is 13.7. The maximum atomic E-state index is 13.7. The van der Waals surface area contributed by atoms with Crippen LogP contribution < -0.4 is 4.74 Å². The summed E-state index contributed by atoms with van der Waals surface area (Å²) in [4.78, 5) is 17.2. The van der Waals surface area contributed by atoms with Crippen LogP contribution in [0.15, 0.2) is 71.2 Å². The number of aromatic nitrogens is 2. The molecule has 0 spiro atoms. The van der Waals surface area contributed by atoms with Crippen LogP contribution in [-0.4, -0.2) is 35.3 Å². The molecular formula is C35H32ClFN2O5. The highest BCUT2D eigenvalue weighted by Gasteiger charge is 2.25. The van der Waals surface area contributed by atoms with E-state index < -0.39 is 6.01 Å². The Kier molecular flexibility index (Phi) is 7.87. The molecular weight excluding hydrogens is 583 g/mol. The predicted octanol–water partition coefficient (Wildman–Crippen LogP) is 8.16. The van der Waals surface area contributed by atoms with Crippen molar-refractivity contribution in [3.05, 3.63) is 100 Å². The zero-order chi connectivity index (χ0) is 30.2. The summed E-state index contributed by atoms with van der Waals surface area (Å²) in [5.41, 5.74) is 5.92. The van der Waals surface area contributed by atoms with Gasteiger partial charge in [-0.1, -0.05) is 35.9 Å². The van der Waals surface area contributed by atoms with Gasteiger partial charge in [0.25, 0.3) is 6.01 Å². The van der Waals surface area contributed by atoms with Gasteiger partial charge in [0.2, 0.25) is 0 Å². The van der Waals surface area contributed by atoms with Crippen LogP contribution in [0.3, 0.4) is 0 Å². The Labute approximate surface area is 259 Å². The number of nitrogens with zero attached hydrogens (tertiary/aromatic N) is 2. The number of methoxy groups -OCH3 is 1. The van der Waals surface area contributed by atoms with E-state index in [0.29, 0.717) is 27.5 Å². The minimum absolute atomic E-state index is 0.172. The standard InChI is InChI=1S/C35H32ClFN2O5/c1-41-35(40)24-10-12-30-31(17-24)39(19-27-13-14-42-27)33(38-30)15-21-5-7-22(8-6-21)23-3-2-4-26(16-23)43-20-25-9-11-29(36)28-18-32(37)44-34(25)28/h2-4,7,9-12,16-18,21,27H,5-6,8,13-15,19-20H2,1H3/t21?,27-/m0/s1. The lowest BCUT2D eigenvalue weighted by Crippen LogP contribution is -2.32. The van der Waals surface area contributed by atoms with Gasteiger partial charge in [-0.05, 0) is 79.1 Å². The fraction of sp³-hybridized carbons (Fsp3) is 0.314. The number of furan rings is 1. The summed E-state index contributed by atoms with van der Waals surface area (Å²) < 4.78 is 38.0. The second kappa shape index (κ2) is 12.1. The van der Waals surface area contributed by atoms with E-state index in [1.54, 1.807) is 18.2 Å². The van der Waals surface area contributed by atoms with Crippen LogP contribution in [0, 0.1) is 11.9 Å². The Balaban J connectivity index is 1.05. The van der Waals surface area contributed by atoms with Gasteiger partial charge in [-0.3, -0.25) is 0 Å². The van der Waals surface area contributed by atoms with Crippen LogP contribution in [0.1, 0.15) is 53.0 Å². The monoisotopic (exact) mass is 614 g/mol. The second-order valence-electron chi connectivity index (χ2n) is 11.5. The first-order valence-electron chi connectivity index (χ1n) is 14.9. The molecule has 9 heteroatoms. The quantitative estimate of drug-likeness (QED) is 0.156. The van der Waals surface area contributed by atoms with E-state index in [0.717, 1.165) is 79.0 Å². The molecule has 5 aromatic rings. The maximum Gasteiger partial charge on any atom is 0.337 e. The predicted molar refractivity (Wildman–Crippen MR) is 166 cm³/mol. The van der Waals surface area contributed by atoms with Gasteiger partial charge < -0.3 is 23.2 Å². The van der Waals surface area contributed by atoms with Crippen LogP contribution in [-0.2, 0) is 29.0 Å². The van der Waals surface area contributed by atoms with Crippen molar-refractivity contribution < 1.29 is 27.8 Å². The molecule has 0 radical (unpaired) electrons. The lowest BCUT2D eigenvalue weighted by molar-refractivity contribution is -0.0590. The van der Waals surface area contributed by atoms with Crippen LogP contribution in [0.2, 0.25) is 5.02 Å². The molecule has 1 saturated heterocycles. The minimum atomic E-state index is -0.670. The first kappa shape index (κ1) is 28.6. The van der Waals surface area contributed by atoms with Gasteiger partial charge in [-0.2, -0.15) is 4.39 Å². The molecule has 1 aliphatic heterocycles. The Morgan fingerprint density at radius 2 is 2.02 bits per heavy atom. The molecule has 3 heterocycles. The number of rotatable bonds is 9. The van der Waals surface area contributed by atoms with E-state index in [1.165, 1.54) is 18.7 Å². The average molecular weight is 615 g/mol. The molecule has 1 unspecified atom stereocenters. The largest absolute Gasteiger partial charge is 0.489 e. The van der Waals surface area contributed by atoms with Crippen molar-refractivity contribution in [2.45, 2.75) is 51.4 Å². The van der Waals surface area contributed by atoms with Crippen molar-refractivity contribution in [1.82, 2.24) is 9.55 Å². The molecule has 0 bridgehead atoms. The summed E-state index contributed by atoms with van der Waals surface area (Å²) in [5, 5.41) is 0.983. The second-order valence-corrected chi connectivity index (χ2v) is 11.9. The van der Waals surface area contributed by atoms with E-state index in [-0.39, 0.29) is 18.7 Å². The molecule has 44 heavy (non-hydrogen) atoms. The molecule has 1 fully saturated rings. The molecule has 1 aliphatic carbocycles. The van der Waals surface area contributed by atoms with Gasteiger partial charge in [0.15, 0.2) is 0 Å². The molecule has 7 rings (SSSR count). The summed E-state index contributed by atoms with van der Waals surface area (Å²) in [5.74, 6) is 1.87. The highest BCUT2D eigenvalue weighted by atomic mass is 35.5. The lowest BCUT2D eigenvalue weighted by atomic mass is 9.84. The summed E-state index contributed by atoms with van der Waals surface area (Å²) in [7, 11) is 1.40. The van der Waals surface area contributed by atoms with Crippen molar-refractivity contribution in [2.24, 2.45) is 5.92 Å². The van der Waals surface area contributed by atoms with Gasteiger partial charge in [-0.25, -0.2) is 9.78 Å². The lowest BCUT2D eigenvalue weighted by Gasteiger charge is -2.28. The van der Waals surface area contributed by atoms with Crippen LogP contribution in [0.4, 0.5) is 4.39 Å². The van der Waals surface area contributed by atoms with E-state index in [1.807, 2.05) is 24.3 Å². The third-order valence-corrected chi connectivity index (χ3v) is 9.03. The summed E-state index contributed by atoms with van der Waals surface area (Å²) in [6, 6.07) is 17.8. The number of imidazole rings is 1. The molecule has 3 aromatic carbocycles. The first-order valence-corrected chi connectivity index (χ1v) is 15.3. The number of halogens is 2. The van der Waals surface area contributed by atoms with Crippen molar-refractivity contribution in [3.8, 4) is 5.75 Å². The Bertz CT molecular complexity index is 1890. The zero-order valence-electron chi connectivity index (χ0n) is 24.4. The van der Waals surface area contributed by atoms with Crippen LogP contribution in [0.5, 0.6) is 5.75 Å². The molecule has 0 saturated carbocycles. The van der Waals surface area contributed by atoms with Gasteiger partial charge in [0, 0.05) is 30.0 Å². The Hall–Kier alpha value is -4.14. The fourth-order valence-corrected chi connectivity index (χ4v) is 6.38. The third kappa shape index (κ3) is 5.72. The van der Waals surface area contributed by atoms with Crippen molar-refractivity contribution >= 4 is 45.1 Å². The molecule has 2 aromatic heterocycles. The number of hydrogen-bond donors (Lipinski definition) is 0.